The molecule has 6 aliphatic rings. The first-order valence-electron chi connectivity index (χ1n) is 20.8. The van der Waals surface area contributed by atoms with Gasteiger partial charge < -0.3 is 46.2 Å². The average Bonchev–Trinajstić information content (AvgIpc) is 3.52. The number of allylic oxidation sites excluding steroid dienone is 2. The van der Waals surface area contributed by atoms with Crippen LogP contribution in [0, 0.1) is 74.4 Å². The maximum absolute atomic E-state index is 11.2. The van der Waals surface area contributed by atoms with Crippen LogP contribution in [0.15, 0.2) is 12.2 Å². The minimum Gasteiger partial charge on any atom is -0.393 e. The number of fused-ring (bicyclic) bond motifs is 7. The summed E-state index contributed by atoms with van der Waals surface area (Å²) in [4.78, 5) is 0. The molecule has 0 amide bonds. The van der Waals surface area contributed by atoms with E-state index in [1.807, 2.05) is 6.92 Å². The first-order chi connectivity index (χ1) is 24.1. The number of nitrogens with two attached hydrogens (primary N) is 1. The maximum atomic E-state index is 11.2. The van der Waals surface area contributed by atoms with Crippen LogP contribution in [0.1, 0.15) is 120 Å². The van der Waals surface area contributed by atoms with Crippen molar-refractivity contribution in [3.63, 3.8) is 0 Å². The molecule has 0 spiro atoms. The minimum atomic E-state index is -2.22. The number of hydrogen-bond donors (Lipinski definition) is 8. The highest BCUT2D eigenvalue weighted by atomic mass is 16.5. The predicted molar refractivity (Wildman–Crippen MR) is 202 cm³/mol. The van der Waals surface area contributed by atoms with Gasteiger partial charge in [-0.1, -0.05) is 74.5 Å². The fourth-order valence-corrected chi connectivity index (χ4v) is 14.7. The normalized spacial score (nSPS) is 52.5. The zero-order chi connectivity index (χ0) is 38.6. The molecule has 0 aromatic carbocycles. The Hall–Kier alpha value is -0.620. The molecule has 0 radical (unpaired) electrons. The summed E-state index contributed by atoms with van der Waals surface area (Å²) in [7, 11) is 0. The van der Waals surface area contributed by atoms with Crippen molar-refractivity contribution >= 4 is 0 Å². The lowest BCUT2D eigenvalue weighted by atomic mass is 9.33. The Bertz CT molecular complexity index is 1330. The van der Waals surface area contributed by atoms with Gasteiger partial charge in [0.1, 0.15) is 36.1 Å². The van der Waals surface area contributed by atoms with Crippen LogP contribution < -0.4 is 5.73 Å². The van der Waals surface area contributed by atoms with E-state index >= 15 is 0 Å². The van der Waals surface area contributed by atoms with Crippen molar-refractivity contribution < 1.29 is 40.5 Å². The molecule has 6 rings (SSSR count). The van der Waals surface area contributed by atoms with Crippen LogP contribution in [0.5, 0.6) is 0 Å². The van der Waals surface area contributed by atoms with E-state index in [9.17, 15) is 35.7 Å². The summed E-state index contributed by atoms with van der Waals surface area (Å²) in [6.45, 7) is 21.0. The monoisotopic (exact) mass is 734 g/mol. The van der Waals surface area contributed by atoms with Gasteiger partial charge in [-0.05, 0) is 132 Å². The molecule has 20 unspecified atom stereocenters. The lowest BCUT2D eigenvalue weighted by Gasteiger charge is -2.71. The molecule has 9 N–H and O–H groups in total. The van der Waals surface area contributed by atoms with Gasteiger partial charge in [-0.3, -0.25) is 0 Å². The molecule has 0 aromatic heterocycles. The third kappa shape index (κ3) is 5.78. The third-order valence-corrected chi connectivity index (χ3v) is 18.6. The third-order valence-electron chi connectivity index (χ3n) is 18.6. The van der Waals surface area contributed by atoms with Crippen molar-refractivity contribution in [1.82, 2.24) is 0 Å². The molecule has 9 heteroatoms. The summed E-state index contributed by atoms with van der Waals surface area (Å²) in [6, 6.07) is -1.21. The highest BCUT2D eigenvalue weighted by Gasteiger charge is 2.69. The van der Waals surface area contributed by atoms with Gasteiger partial charge in [0.2, 0.25) is 0 Å². The fourth-order valence-electron chi connectivity index (χ4n) is 14.7. The second kappa shape index (κ2) is 13.8. The number of hydrogen-bond acceptors (Lipinski definition) is 9. The average molecular weight is 734 g/mol. The van der Waals surface area contributed by atoms with Gasteiger partial charge in [-0.2, -0.15) is 0 Å². The van der Waals surface area contributed by atoms with Crippen LogP contribution in [0.4, 0.5) is 0 Å². The number of aliphatic hydroxyl groups excluding tert-OH is 6. The zero-order valence-corrected chi connectivity index (χ0v) is 33.7. The van der Waals surface area contributed by atoms with Gasteiger partial charge in [0.05, 0.1) is 25.4 Å². The van der Waals surface area contributed by atoms with Crippen LogP contribution in [0.25, 0.3) is 0 Å². The molecule has 300 valence electrons. The Morgan fingerprint density at radius 1 is 0.808 bits per heavy atom. The van der Waals surface area contributed by atoms with E-state index in [2.05, 4.69) is 67.5 Å². The summed E-state index contributed by atoms with van der Waals surface area (Å²) in [5.41, 5.74) is 5.19. The summed E-state index contributed by atoms with van der Waals surface area (Å²) >= 11 is 0. The van der Waals surface area contributed by atoms with Crippen LogP contribution in [-0.4, -0.2) is 97.2 Å². The molecule has 0 aliphatic heterocycles. The van der Waals surface area contributed by atoms with Crippen molar-refractivity contribution in [3.8, 4) is 0 Å². The van der Waals surface area contributed by atoms with Crippen molar-refractivity contribution in [2.75, 3.05) is 13.2 Å². The molecule has 6 aliphatic carbocycles. The van der Waals surface area contributed by atoms with E-state index < -0.39 is 61.5 Å². The Balaban J connectivity index is 1.11. The molecule has 52 heavy (non-hydrogen) atoms. The second-order valence-corrected chi connectivity index (χ2v) is 21.0. The van der Waals surface area contributed by atoms with Gasteiger partial charge in [0, 0.05) is 0 Å². The van der Waals surface area contributed by atoms with E-state index in [0.717, 1.165) is 11.8 Å². The van der Waals surface area contributed by atoms with E-state index in [1.165, 1.54) is 51.4 Å². The Kier molecular flexibility index (Phi) is 10.9. The standard InChI is InChI=1S/C43H75NO8/c1-23(20-24(2)33(47)34(48)28(46)21-52-37-32(44)35(49)36(50)43(37,51)22-45)26-13-17-39(6)27(26)14-18-41(8)30(39)10-11-31-40(7)16-12-25(3)38(4,5)29(40)15-19-42(31,41)9/h10-11,23-37,45-51H,12-22,44H2,1-9H3. The molecular formula is C43H75NO8. The molecule has 9 nitrogen and oxygen atoms in total. The van der Waals surface area contributed by atoms with Crippen molar-refractivity contribution in [1.29, 1.82) is 0 Å². The van der Waals surface area contributed by atoms with Gasteiger partial charge in [0.25, 0.3) is 0 Å². The molecule has 20 atom stereocenters. The van der Waals surface area contributed by atoms with E-state index in [-0.39, 0.29) is 22.2 Å². The van der Waals surface area contributed by atoms with Crippen LogP contribution in [-0.2, 0) is 4.74 Å². The summed E-state index contributed by atoms with van der Waals surface area (Å²) in [6.07, 6.45) is 7.48. The highest BCUT2D eigenvalue weighted by Crippen LogP contribution is 2.77. The van der Waals surface area contributed by atoms with E-state index in [1.54, 1.807) is 0 Å². The maximum Gasteiger partial charge on any atom is 0.144 e. The number of ether oxygens (including phenoxy) is 1. The van der Waals surface area contributed by atoms with Crippen molar-refractivity contribution in [2.24, 2.45) is 80.2 Å². The number of aliphatic hydroxyl groups is 7. The molecular weight excluding hydrogens is 658 g/mol. The van der Waals surface area contributed by atoms with Gasteiger partial charge in [-0.25, -0.2) is 0 Å². The van der Waals surface area contributed by atoms with Crippen molar-refractivity contribution in [2.45, 2.75) is 168 Å². The lowest BCUT2D eigenvalue weighted by Crippen LogP contribution is -2.65. The molecule has 0 heterocycles. The quantitative estimate of drug-likeness (QED) is 0.151. The van der Waals surface area contributed by atoms with Gasteiger partial charge >= 0.3 is 0 Å². The predicted octanol–water partition coefficient (Wildman–Crippen LogP) is 4.42. The Morgan fingerprint density at radius 2 is 1.38 bits per heavy atom. The van der Waals surface area contributed by atoms with Gasteiger partial charge in [-0.15, -0.1) is 0 Å². The molecule has 0 bridgehead atoms. The topological polar surface area (TPSA) is 177 Å². The summed E-state index contributed by atoms with van der Waals surface area (Å²) in [5.74, 6) is 3.87. The molecule has 0 saturated heterocycles. The molecule has 0 aromatic rings. The Labute approximate surface area is 313 Å². The highest BCUT2D eigenvalue weighted by molar-refractivity contribution is 5.27. The lowest BCUT2D eigenvalue weighted by molar-refractivity contribution is -0.205. The van der Waals surface area contributed by atoms with Crippen LogP contribution >= 0.6 is 0 Å². The molecule has 5 saturated carbocycles. The van der Waals surface area contributed by atoms with Gasteiger partial charge in [0.15, 0.2) is 0 Å². The second-order valence-electron chi connectivity index (χ2n) is 21.0. The molecule has 5 fully saturated rings. The Morgan fingerprint density at radius 3 is 2.00 bits per heavy atom. The van der Waals surface area contributed by atoms with E-state index in [0.29, 0.717) is 46.8 Å². The largest absolute Gasteiger partial charge is 0.393 e. The van der Waals surface area contributed by atoms with Crippen LogP contribution in [0.3, 0.4) is 0 Å². The van der Waals surface area contributed by atoms with Crippen LogP contribution in [0.2, 0.25) is 0 Å². The minimum absolute atomic E-state index is 0.224. The van der Waals surface area contributed by atoms with Crippen molar-refractivity contribution in [3.05, 3.63) is 12.2 Å². The first-order valence-corrected chi connectivity index (χ1v) is 20.8. The SMILES string of the molecule is CC(CC(C)C1CCC2(C)C1CCC1(C)C2C=CC2C3(C)CCC(C)C(C)(C)C3CCC21C)C(O)C(O)C(O)COC1C(N)C(O)C(O)C1(O)CO. The fraction of sp³-hybridized carbons (Fsp3) is 0.953. The summed E-state index contributed by atoms with van der Waals surface area (Å²) < 4.78 is 5.56. The summed E-state index contributed by atoms with van der Waals surface area (Å²) in [5, 5.41) is 73.6. The first kappa shape index (κ1) is 41.0. The van der Waals surface area contributed by atoms with E-state index in [4.69, 9.17) is 10.5 Å². The smallest absolute Gasteiger partial charge is 0.144 e. The zero-order valence-electron chi connectivity index (χ0n) is 33.7. The number of rotatable bonds is 10.